The lowest BCUT2D eigenvalue weighted by Gasteiger charge is -2.35. The van der Waals surface area contributed by atoms with Gasteiger partial charge in [0.15, 0.2) is 5.78 Å². The van der Waals surface area contributed by atoms with Crippen molar-refractivity contribution < 1.29 is 19.5 Å². The van der Waals surface area contributed by atoms with Gasteiger partial charge in [-0.25, -0.2) is 0 Å². The van der Waals surface area contributed by atoms with Gasteiger partial charge < -0.3 is 15.7 Å². The Morgan fingerprint density at radius 1 is 1.00 bits per heavy atom. The first-order valence-electron chi connectivity index (χ1n) is 13.5. The molecule has 2 saturated carbocycles. The number of hydrogen-bond acceptors (Lipinski definition) is 4. The van der Waals surface area contributed by atoms with E-state index in [9.17, 15) is 19.5 Å². The SMILES string of the molecule is CC[C@H]1[C@@H]2C=C[C@@H]3[C@H]4C/C=C\C(=O)NCCC[C@H]5NC(=O)/C(=C(O)/C=C/[C@@H]4C[C@@H]3[C@H]2C[C@H]1C)C5=O. The van der Waals surface area contributed by atoms with Crippen molar-refractivity contribution in [2.24, 2.45) is 47.3 Å². The highest BCUT2D eigenvalue weighted by atomic mass is 16.3. The summed E-state index contributed by atoms with van der Waals surface area (Å²) in [6.07, 6.45) is 17.4. The minimum atomic E-state index is -0.645. The molecule has 0 aromatic heterocycles. The van der Waals surface area contributed by atoms with Gasteiger partial charge in [0.2, 0.25) is 5.91 Å². The van der Waals surface area contributed by atoms with E-state index in [4.69, 9.17) is 0 Å². The average Bonchev–Trinajstić information content (AvgIpc) is 3.44. The monoisotopic (exact) mass is 478 g/mol. The first-order chi connectivity index (χ1) is 16.9. The Labute approximate surface area is 208 Å². The lowest BCUT2D eigenvalue weighted by Crippen LogP contribution is -2.31. The number of hydrogen-bond donors (Lipinski definition) is 3. The van der Waals surface area contributed by atoms with Crippen LogP contribution in [-0.4, -0.2) is 35.3 Å². The van der Waals surface area contributed by atoms with Crippen LogP contribution < -0.4 is 10.6 Å². The molecule has 5 rings (SSSR count). The molecule has 5 aliphatic rings. The Bertz CT molecular complexity index is 1010. The predicted molar refractivity (Wildman–Crippen MR) is 134 cm³/mol. The van der Waals surface area contributed by atoms with E-state index < -0.39 is 11.9 Å². The van der Waals surface area contributed by atoms with E-state index in [2.05, 4.69) is 36.6 Å². The summed E-state index contributed by atoms with van der Waals surface area (Å²) < 4.78 is 0. The third-order valence-electron chi connectivity index (χ3n) is 9.52. The molecule has 2 amide bonds. The van der Waals surface area contributed by atoms with E-state index >= 15 is 0 Å². The Hall–Kier alpha value is -2.63. The Morgan fingerprint density at radius 2 is 1.77 bits per heavy atom. The summed E-state index contributed by atoms with van der Waals surface area (Å²) in [5.41, 5.74) is -0.135. The number of carbonyl (C=O) groups excluding carboxylic acids is 3. The van der Waals surface area contributed by atoms with E-state index in [1.54, 1.807) is 12.2 Å². The van der Waals surface area contributed by atoms with Crippen LogP contribution in [-0.2, 0) is 14.4 Å². The van der Waals surface area contributed by atoms with E-state index in [-0.39, 0.29) is 28.9 Å². The molecular weight excluding hydrogens is 440 g/mol. The largest absolute Gasteiger partial charge is 0.507 e. The molecule has 6 nitrogen and oxygen atoms in total. The van der Waals surface area contributed by atoms with Gasteiger partial charge in [0.1, 0.15) is 11.3 Å². The fraction of sp³-hybridized carbons (Fsp3) is 0.621. The van der Waals surface area contributed by atoms with E-state index in [1.165, 1.54) is 12.8 Å². The van der Waals surface area contributed by atoms with Gasteiger partial charge in [-0.1, -0.05) is 44.6 Å². The average molecular weight is 479 g/mol. The number of fused-ring (bicyclic) bond motifs is 7. The Balaban J connectivity index is 1.46. The van der Waals surface area contributed by atoms with Crippen LogP contribution in [0.3, 0.4) is 0 Å². The second-order valence-corrected chi connectivity index (χ2v) is 11.3. The van der Waals surface area contributed by atoms with Crippen molar-refractivity contribution in [2.45, 2.75) is 58.4 Å². The summed E-state index contributed by atoms with van der Waals surface area (Å²) in [6, 6.07) is -0.645. The van der Waals surface area contributed by atoms with Gasteiger partial charge >= 0.3 is 0 Å². The number of aliphatic hydroxyl groups is 1. The molecule has 2 heterocycles. The van der Waals surface area contributed by atoms with Gasteiger partial charge in [-0.05, 0) is 91.6 Å². The summed E-state index contributed by atoms with van der Waals surface area (Å²) in [5.74, 6) is 3.16. The minimum Gasteiger partial charge on any atom is -0.507 e. The fourth-order valence-corrected chi connectivity index (χ4v) is 7.92. The van der Waals surface area contributed by atoms with Gasteiger partial charge in [0.25, 0.3) is 5.91 Å². The number of nitrogens with one attached hydrogen (secondary N) is 2. The van der Waals surface area contributed by atoms with Crippen LogP contribution >= 0.6 is 0 Å². The van der Waals surface area contributed by atoms with Crippen LogP contribution in [0.1, 0.15) is 52.4 Å². The maximum absolute atomic E-state index is 12.8. The first kappa shape index (κ1) is 24.1. The Kier molecular flexibility index (Phi) is 6.73. The standard InChI is InChI=1S/C29H38N2O4/c1-3-18-16(2)14-22-20(18)10-11-21-19-6-4-8-26(33)30-13-5-7-24-28(34)27(29(35)31-24)25(32)12-9-17(19)15-23(21)22/h4,8-12,16-24,32H,3,5-7,13-15H2,1-2H3,(H,30,33)(H,31,35)/b8-4-,12-9+,27-25-/t16-,17-,18-,19+,20+,21-,22+,23+,24-/m1/s1. The van der Waals surface area contributed by atoms with Crippen molar-refractivity contribution in [1.82, 2.24) is 10.6 Å². The van der Waals surface area contributed by atoms with Gasteiger partial charge in [0, 0.05) is 6.54 Å². The van der Waals surface area contributed by atoms with Crippen molar-refractivity contribution >= 4 is 17.6 Å². The summed E-state index contributed by atoms with van der Waals surface area (Å²) >= 11 is 0. The van der Waals surface area contributed by atoms with Gasteiger partial charge in [-0.3, -0.25) is 14.4 Å². The van der Waals surface area contributed by atoms with E-state index in [1.807, 2.05) is 12.2 Å². The number of Topliss-reactive ketones (excluding diaryl/α,β-unsaturated/α-hetero) is 1. The second-order valence-electron chi connectivity index (χ2n) is 11.3. The molecule has 0 radical (unpaired) electrons. The van der Waals surface area contributed by atoms with Crippen LogP contribution in [0.5, 0.6) is 0 Å². The quantitative estimate of drug-likeness (QED) is 0.392. The highest BCUT2D eigenvalue weighted by Crippen LogP contribution is 2.59. The lowest BCUT2D eigenvalue weighted by atomic mass is 9.69. The molecule has 6 heteroatoms. The first-order valence-corrected chi connectivity index (χ1v) is 13.5. The molecule has 2 aliphatic heterocycles. The topological polar surface area (TPSA) is 95.5 Å². The minimum absolute atomic E-state index is 0.117. The van der Waals surface area contributed by atoms with Crippen molar-refractivity contribution in [1.29, 1.82) is 0 Å². The van der Waals surface area contributed by atoms with Crippen molar-refractivity contribution in [3.05, 3.63) is 47.8 Å². The van der Waals surface area contributed by atoms with Gasteiger partial charge in [-0.2, -0.15) is 0 Å². The molecule has 0 unspecified atom stereocenters. The third kappa shape index (κ3) is 4.41. The van der Waals surface area contributed by atoms with E-state index in [0.29, 0.717) is 49.0 Å². The normalized spacial score (nSPS) is 45.3. The molecular formula is C29H38N2O4. The number of allylic oxidation sites excluding steroid dienone is 5. The number of aliphatic hydroxyl groups excluding tert-OH is 1. The van der Waals surface area contributed by atoms with E-state index in [0.717, 1.165) is 24.7 Å². The number of ketones is 1. The smallest absolute Gasteiger partial charge is 0.259 e. The summed E-state index contributed by atoms with van der Waals surface area (Å²) in [5, 5.41) is 16.3. The zero-order valence-electron chi connectivity index (χ0n) is 20.8. The van der Waals surface area contributed by atoms with Crippen LogP contribution in [0.2, 0.25) is 0 Å². The fourth-order valence-electron chi connectivity index (χ4n) is 7.92. The summed E-state index contributed by atoms with van der Waals surface area (Å²) in [6.45, 7) is 5.14. The maximum atomic E-state index is 12.8. The molecule has 35 heavy (non-hydrogen) atoms. The third-order valence-corrected chi connectivity index (χ3v) is 9.52. The van der Waals surface area contributed by atoms with Crippen molar-refractivity contribution in [3.8, 4) is 0 Å². The molecule has 3 aliphatic carbocycles. The molecule has 3 fully saturated rings. The maximum Gasteiger partial charge on any atom is 0.259 e. The van der Waals surface area contributed by atoms with Crippen molar-refractivity contribution in [3.63, 3.8) is 0 Å². The van der Waals surface area contributed by atoms with Gasteiger partial charge in [0.05, 0.1) is 6.04 Å². The summed E-state index contributed by atoms with van der Waals surface area (Å²) in [7, 11) is 0. The number of rotatable bonds is 1. The van der Waals surface area contributed by atoms with Crippen LogP contribution in [0.4, 0.5) is 0 Å². The molecule has 0 aromatic carbocycles. The van der Waals surface area contributed by atoms with Gasteiger partial charge in [-0.15, -0.1) is 0 Å². The highest BCUT2D eigenvalue weighted by molar-refractivity contribution is 6.27. The number of amides is 2. The Morgan fingerprint density at radius 3 is 2.57 bits per heavy atom. The predicted octanol–water partition coefficient (Wildman–Crippen LogP) is 4.02. The molecule has 1 saturated heterocycles. The highest BCUT2D eigenvalue weighted by Gasteiger charge is 2.52. The zero-order valence-corrected chi connectivity index (χ0v) is 20.8. The van der Waals surface area contributed by atoms with Crippen LogP contribution in [0.15, 0.2) is 47.8 Å². The van der Waals surface area contributed by atoms with Crippen molar-refractivity contribution in [2.75, 3.05) is 6.54 Å². The van der Waals surface area contributed by atoms with Crippen LogP contribution in [0.25, 0.3) is 0 Å². The molecule has 0 aromatic rings. The molecule has 188 valence electrons. The number of carbonyl (C=O) groups is 3. The zero-order chi connectivity index (χ0) is 24.7. The molecule has 2 bridgehead atoms. The second kappa shape index (κ2) is 9.79. The summed E-state index contributed by atoms with van der Waals surface area (Å²) in [4.78, 5) is 37.6. The molecule has 9 atom stereocenters. The lowest BCUT2D eigenvalue weighted by molar-refractivity contribution is -0.118. The van der Waals surface area contributed by atoms with Crippen LogP contribution in [0, 0.1) is 47.3 Å². The molecule has 3 N–H and O–H groups in total. The molecule has 0 spiro atoms.